The lowest BCUT2D eigenvalue weighted by molar-refractivity contribution is 0.263. The number of fused-ring (bicyclic) bond motifs is 1. The summed E-state index contributed by atoms with van der Waals surface area (Å²) in [4.78, 5) is 1.93. The molecule has 0 amide bonds. The lowest BCUT2D eigenvalue weighted by atomic mass is 10.2. The summed E-state index contributed by atoms with van der Waals surface area (Å²) in [7, 11) is -0.120. The summed E-state index contributed by atoms with van der Waals surface area (Å²) in [6.45, 7) is 1.05. The molecule has 0 fully saturated rings. The number of rotatable bonds is 6. The van der Waals surface area contributed by atoms with Crippen molar-refractivity contribution in [3.8, 4) is 5.75 Å². The zero-order chi connectivity index (χ0) is 19.8. The number of benzene rings is 2. The molecule has 0 saturated heterocycles. The second kappa shape index (κ2) is 7.79. The Hall–Kier alpha value is -1.61. The van der Waals surface area contributed by atoms with Crippen LogP contribution in [0.3, 0.4) is 0 Å². The summed E-state index contributed by atoms with van der Waals surface area (Å²) >= 11 is 9.53. The van der Waals surface area contributed by atoms with Gasteiger partial charge in [0.2, 0.25) is 0 Å². The molecule has 3 rings (SSSR count). The van der Waals surface area contributed by atoms with Crippen LogP contribution in [0.1, 0.15) is 0 Å². The van der Waals surface area contributed by atoms with E-state index in [1.165, 1.54) is 18.3 Å². The SMILES string of the molecule is CN(C)CCOc1cn(S(=O)(=O)c2ccc(F)cc2)c2c(Br)cc(Cl)cc12. The van der Waals surface area contributed by atoms with Gasteiger partial charge in [0.1, 0.15) is 18.2 Å². The quantitative estimate of drug-likeness (QED) is 0.531. The first-order valence-corrected chi connectivity index (χ1v) is 10.6. The van der Waals surface area contributed by atoms with Crippen molar-refractivity contribution in [2.24, 2.45) is 0 Å². The van der Waals surface area contributed by atoms with Gasteiger partial charge in [-0.1, -0.05) is 11.6 Å². The topological polar surface area (TPSA) is 51.5 Å². The molecule has 2 aromatic carbocycles. The van der Waals surface area contributed by atoms with E-state index in [9.17, 15) is 12.8 Å². The molecule has 5 nitrogen and oxygen atoms in total. The van der Waals surface area contributed by atoms with Gasteiger partial charge in [0, 0.05) is 21.4 Å². The standard InChI is InChI=1S/C18H17BrClFN2O3S/c1-22(2)7-8-26-17-11-23(18-15(17)9-12(20)10-16(18)19)27(24,25)14-5-3-13(21)4-6-14/h3-6,9-11H,7-8H2,1-2H3. The van der Waals surface area contributed by atoms with E-state index in [0.717, 1.165) is 16.1 Å². The van der Waals surface area contributed by atoms with Gasteiger partial charge in [-0.25, -0.2) is 16.8 Å². The van der Waals surface area contributed by atoms with Crippen molar-refractivity contribution >= 4 is 48.5 Å². The van der Waals surface area contributed by atoms with Gasteiger partial charge in [0.15, 0.2) is 0 Å². The molecule has 0 N–H and O–H groups in total. The van der Waals surface area contributed by atoms with Gasteiger partial charge in [-0.15, -0.1) is 0 Å². The van der Waals surface area contributed by atoms with E-state index in [2.05, 4.69) is 15.9 Å². The van der Waals surface area contributed by atoms with Crippen molar-refractivity contribution in [2.45, 2.75) is 4.90 Å². The first-order chi connectivity index (χ1) is 12.7. The van der Waals surface area contributed by atoms with Gasteiger partial charge >= 0.3 is 0 Å². The number of hydrogen-bond donors (Lipinski definition) is 0. The Kier molecular flexibility index (Phi) is 5.81. The maximum atomic E-state index is 13.2. The van der Waals surface area contributed by atoms with Crippen molar-refractivity contribution in [3.63, 3.8) is 0 Å². The monoisotopic (exact) mass is 474 g/mol. The first-order valence-electron chi connectivity index (χ1n) is 7.99. The van der Waals surface area contributed by atoms with Crippen molar-refractivity contribution in [2.75, 3.05) is 27.2 Å². The molecule has 0 spiro atoms. The third-order valence-electron chi connectivity index (χ3n) is 3.92. The number of hydrogen-bond acceptors (Lipinski definition) is 4. The predicted octanol–water partition coefficient (Wildman–Crippen LogP) is 4.37. The zero-order valence-corrected chi connectivity index (χ0v) is 17.8. The van der Waals surface area contributed by atoms with Gasteiger partial charge < -0.3 is 9.64 Å². The average Bonchev–Trinajstić information content (AvgIpc) is 2.94. The van der Waals surface area contributed by atoms with Crippen LogP contribution in [-0.2, 0) is 10.0 Å². The van der Waals surface area contributed by atoms with Crippen molar-refractivity contribution < 1.29 is 17.5 Å². The van der Waals surface area contributed by atoms with Crippen LogP contribution in [-0.4, -0.2) is 44.5 Å². The van der Waals surface area contributed by atoms with Crippen LogP contribution in [0.5, 0.6) is 5.75 Å². The number of nitrogens with zero attached hydrogens (tertiary/aromatic N) is 2. The van der Waals surface area contributed by atoms with Crippen LogP contribution < -0.4 is 4.74 Å². The van der Waals surface area contributed by atoms with Crippen LogP contribution >= 0.6 is 27.5 Å². The highest BCUT2D eigenvalue weighted by molar-refractivity contribution is 9.10. The van der Waals surface area contributed by atoms with Gasteiger partial charge in [-0.2, -0.15) is 0 Å². The summed E-state index contributed by atoms with van der Waals surface area (Å²) in [5.74, 6) is -0.104. The minimum absolute atomic E-state index is 0.0255. The molecule has 0 aliphatic carbocycles. The van der Waals surface area contributed by atoms with E-state index in [0.29, 0.717) is 39.3 Å². The summed E-state index contributed by atoms with van der Waals surface area (Å²) < 4.78 is 46.9. The van der Waals surface area contributed by atoms with E-state index in [1.807, 2.05) is 19.0 Å². The van der Waals surface area contributed by atoms with E-state index < -0.39 is 15.8 Å². The second-order valence-corrected chi connectivity index (χ2v) is 9.29. The molecule has 0 aliphatic heterocycles. The molecule has 0 atom stereocenters. The van der Waals surface area contributed by atoms with Gasteiger partial charge in [-0.3, -0.25) is 0 Å². The molecule has 9 heteroatoms. The van der Waals surface area contributed by atoms with Crippen molar-refractivity contribution in [3.05, 3.63) is 57.9 Å². The Morgan fingerprint density at radius 3 is 2.52 bits per heavy atom. The summed E-state index contributed by atoms with van der Waals surface area (Å²) in [5.41, 5.74) is 0.406. The minimum Gasteiger partial charge on any atom is -0.490 e. The normalized spacial score (nSPS) is 12.1. The maximum absolute atomic E-state index is 13.2. The van der Waals surface area contributed by atoms with Crippen LogP contribution in [0.2, 0.25) is 5.02 Å². The summed E-state index contributed by atoms with van der Waals surface area (Å²) in [6, 6.07) is 7.95. The van der Waals surface area contributed by atoms with E-state index in [1.54, 1.807) is 12.1 Å². The number of aromatic nitrogens is 1. The fourth-order valence-electron chi connectivity index (χ4n) is 2.58. The van der Waals surface area contributed by atoms with E-state index >= 15 is 0 Å². The van der Waals surface area contributed by atoms with Crippen LogP contribution in [0.15, 0.2) is 52.0 Å². The molecule has 1 heterocycles. The fraction of sp³-hybridized carbons (Fsp3) is 0.222. The third-order valence-corrected chi connectivity index (χ3v) is 6.41. The predicted molar refractivity (Wildman–Crippen MR) is 108 cm³/mol. The molecule has 1 aromatic heterocycles. The Morgan fingerprint density at radius 1 is 1.22 bits per heavy atom. The molecule has 27 heavy (non-hydrogen) atoms. The van der Waals surface area contributed by atoms with Gasteiger partial charge in [-0.05, 0) is 66.4 Å². The highest BCUT2D eigenvalue weighted by Crippen LogP contribution is 2.38. The third kappa shape index (κ3) is 4.13. The molecular formula is C18H17BrClFN2O3S. The largest absolute Gasteiger partial charge is 0.490 e. The Morgan fingerprint density at radius 2 is 1.89 bits per heavy atom. The Bertz CT molecular complexity index is 1080. The zero-order valence-electron chi connectivity index (χ0n) is 14.6. The molecule has 144 valence electrons. The van der Waals surface area contributed by atoms with Gasteiger partial charge in [0.25, 0.3) is 10.0 Å². The number of halogens is 3. The first kappa shape index (κ1) is 20.1. The molecule has 0 saturated carbocycles. The Labute approximate surface area is 170 Å². The van der Waals surface area contributed by atoms with Crippen LogP contribution in [0.25, 0.3) is 10.9 Å². The van der Waals surface area contributed by atoms with Crippen LogP contribution in [0.4, 0.5) is 4.39 Å². The van der Waals surface area contributed by atoms with Crippen molar-refractivity contribution in [1.82, 2.24) is 8.87 Å². The van der Waals surface area contributed by atoms with Crippen LogP contribution in [0, 0.1) is 5.82 Å². The maximum Gasteiger partial charge on any atom is 0.268 e. The minimum atomic E-state index is -3.95. The van der Waals surface area contributed by atoms with E-state index in [-0.39, 0.29) is 4.90 Å². The number of ether oxygens (including phenoxy) is 1. The lowest BCUT2D eigenvalue weighted by Crippen LogP contribution is -2.19. The van der Waals surface area contributed by atoms with Crippen molar-refractivity contribution in [1.29, 1.82) is 0 Å². The second-order valence-electron chi connectivity index (χ2n) is 6.18. The highest BCUT2D eigenvalue weighted by atomic mass is 79.9. The number of likely N-dealkylation sites (N-methyl/N-ethyl adjacent to an activating group) is 1. The Balaban J connectivity index is 2.16. The molecular weight excluding hydrogens is 459 g/mol. The summed E-state index contributed by atoms with van der Waals surface area (Å²) in [6.07, 6.45) is 1.42. The molecule has 0 unspecified atom stereocenters. The smallest absolute Gasteiger partial charge is 0.268 e. The highest BCUT2D eigenvalue weighted by Gasteiger charge is 2.24. The molecule has 0 radical (unpaired) electrons. The molecule has 3 aromatic rings. The van der Waals surface area contributed by atoms with Gasteiger partial charge in [0.05, 0.1) is 16.6 Å². The lowest BCUT2D eigenvalue weighted by Gasteiger charge is -2.10. The molecule has 0 aliphatic rings. The van der Waals surface area contributed by atoms with E-state index in [4.69, 9.17) is 16.3 Å². The fourth-order valence-corrected chi connectivity index (χ4v) is 5.08. The average molecular weight is 476 g/mol. The molecule has 0 bridgehead atoms. The summed E-state index contributed by atoms with van der Waals surface area (Å²) in [5, 5.41) is 1.02.